The molecule has 0 bridgehead atoms. The predicted octanol–water partition coefficient (Wildman–Crippen LogP) is 5.03. The van der Waals surface area contributed by atoms with E-state index in [0.717, 1.165) is 11.8 Å². The molecule has 0 unspecified atom stereocenters. The number of carbonyl (C=O) groups excluding carboxylic acids is 3. The Balaban J connectivity index is 1.33. The van der Waals surface area contributed by atoms with Crippen LogP contribution >= 0.6 is 15.9 Å². The van der Waals surface area contributed by atoms with Crippen LogP contribution in [-0.2, 0) is 16.1 Å². The summed E-state index contributed by atoms with van der Waals surface area (Å²) in [7, 11) is 0. The fraction of sp³-hybridized carbons (Fsp3) is 0.345. The molecule has 2 aliphatic rings. The highest BCUT2D eigenvalue weighted by atomic mass is 79.9. The van der Waals surface area contributed by atoms with E-state index >= 15 is 0 Å². The Labute approximate surface area is 251 Å². The molecule has 222 valence electrons. The largest absolute Gasteiger partial charge is 0.454 e. The van der Waals surface area contributed by atoms with Crippen LogP contribution in [0.5, 0.6) is 0 Å². The second-order valence-corrected chi connectivity index (χ2v) is 12.1. The van der Waals surface area contributed by atoms with Crippen LogP contribution in [0.15, 0.2) is 47.6 Å². The van der Waals surface area contributed by atoms with E-state index < -0.39 is 35.4 Å². The average molecular weight is 656 g/mol. The van der Waals surface area contributed by atoms with Crippen molar-refractivity contribution in [1.29, 1.82) is 0 Å². The summed E-state index contributed by atoms with van der Waals surface area (Å²) >= 11 is 3.30. The number of pyridine rings is 2. The number of aromatic nitrogens is 5. The lowest BCUT2D eigenvalue weighted by atomic mass is 10.0. The van der Waals surface area contributed by atoms with Crippen LogP contribution in [-0.4, -0.2) is 65.3 Å². The van der Waals surface area contributed by atoms with E-state index in [1.165, 1.54) is 34.1 Å². The van der Waals surface area contributed by atoms with Crippen LogP contribution in [0.4, 0.5) is 19.0 Å². The quantitative estimate of drug-likeness (QED) is 0.228. The number of hydrogen-bond donors (Lipinski definition) is 1. The third kappa shape index (κ3) is 5.28. The van der Waals surface area contributed by atoms with Gasteiger partial charge in [0.15, 0.2) is 0 Å². The lowest BCUT2D eigenvalue weighted by molar-refractivity contribution is -0.138. The summed E-state index contributed by atoms with van der Waals surface area (Å²) in [4.78, 5) is 58.0. The van der Waals surface area contributed by atoms with Gasteiger partial charge in [0.25, 0.3) is 5.78 Å². The number of piperidine rings is 1. The lowest BCUT2D eigenvalue weighted by Crippen LogP contribution is -2.46. The molecule has 0 radical (unpaired) electrons. The van der Waals surface area contributed by atoms with Gasteiger partial charge in [-0.3, -0.25) is 19.4 Å². The topological polar surface area (TPSA) is 123 Å². The molecule has 10 nitrogen and oxygen atoms in total. The van der Waals surface area contributed by atoms with Crippen molar-refractivity contribution < 1.29 is 27.6 Å². The molecule has 3 atom stereocenters. The zero-order chi connectivity index (χ0) is 30.8. The Morgan fingerprint density at radius 1 is 1.09 bits per heavy atom. The summed E-state index contributed by atoms with van der Waals surface area (Å²) in [5.41, 5.74) is 0.805. The molecule has 1 aliphatic heterocycles. The first-order valence-electron chi connectivity index (χ1n) is 13.4. The SMILES string of the molecule is Cc1ncc(-c2cc3c(C(=O)C(F)(F)F)cn(CC(=O)N4[C@H](C(=O)Nc5nc(Br)ccc5C)C[C@@]5(C)C[C@@H]45)c3cn2)cn1. The summed E-state index contributed by atoms with van der Waals surface area (Å²) < 4.78 is 42.6. The molecule has 4 aromatic heterocycles. The van der Waals surface area contributed by atoms with Gasteiger partial charge in [0.1, 0.15) is 28.8 Å². The summed E-state index contributed by atoms with van der Waals surface area (Å²) in [6.07, 6.45) is 1.34. The summed E-state index contributed by atoms with van der Waals surface area (Å²) in [5, 5.41) is 2.81. The van der Waals surface area contributed by atoms with Crippen LogP contribution < -0.4 is 5.32 Å². The number of carbonyl (C=O) groups is 3. The predicted molar refractivity (Wildman–Crippen MR) is 153 cm³/mol. The first kappa shape index (κ1) is 28.9. The number of alkyl halides is 3. The van der Waals surface area contributed by atoms with Crippen molar-refractivity contribution in [2.75, 3.05) is 5.32 Å². The van der Waals surface area contributed by atoms with Crippen molar-refractivity contribution >= 4 is 50.2 Å². The molecule has 14 heteroatoms. The minimum Gasteiger partial charge on any atom is -0.336 e. The van der Waals surface area contributed by atoms with Gasteiger partial charge in [0.2, 0.25) is 11.8 Å². The van der Waals surface area contributed by atoms with E-state index in [0.29, 0.717) is 34.7 Å². The van der Waals surface area contributed by atoms with E-state index in [1.807, 2.05) is 6.92 Å². The molecule has 6 rings (SSSR count). The van der Waals surface area contributed by atoms with Gasteiger partial charge in [-0.25, -0.2) is 15.0 Å². The summed E-state index contributed by atoms with van der Waals surface area (Å²) in [5.74, 6) is -2.01. The van der Waals surface area contributed by atoms with Crippen LogP contribution in [0.2, 0.25) is 0 Å². The standard InChI is InChI=1S/C29H25BrF3N7O3/c1-14-4-5-23(30)37-26(14)38-27(43)20-7-28(3)8-22(28)40(20)24(41)13-39-12-18(25(42)29(31,32)33)17-6-19(36-11-21(17)39)16-9-34-15(2)35-10-16/h4-6,9-12,20,22H,7-8,13H2,1-3H3,(H,37,38,43)/t20-,22+,28-/m0/s1. The van der Waals surface area contributed by atoms with Crippen molar-refractivity contribution in [3.63, 3.8) is 0 Å². The Morgan fingerprint density at radius 3 is 2.51 bits per heavy atom. The maximum atomic E-state index is 13.8. The Bertz CT molecular complexity index is 1810. The Morgan fingerprint density at radius 2 is 1.81 bits per heavy atom. The van der Waals surface area contributed by atoms with Crippen molar-refractivity contribution in [2.45, 2.75) is 58.4 Å². The van der Waals surface area contributed by atoms with Gasteiger partial charge >= 0.3 is 6.18 Å². The second-order valence-electron chi connectivity index (χ2n) is 11.3. The molecule has 1 aliphatic carbocycles. The smallest absolute Gasteiger partial charge is 0.336 e. The molecule has 0 spiro atoms. The van der Waals surface area contributed by atoms with Gasteiger partial charge in [0.05, 0.1) is 23.0 Å². The van der Waals surface area contributed by atoms with E-state index in [-0.39, 0.29) is 34.6 Å². The van der Waals surface area contributed by atoms with Crippen LogP contribution in [0.25, 0.3) is 22.2 Å². The number of rotatable bonds is 6. The highest BCUT2D eigenvalue weighted by Crippen LogP contribution is 2.59. The minimum absolute atomic E-state index is 0.0103. The minimum atomic E-state index is -5.13. The van der Waals surface area contributed by atoms with Gasteiger partial charge in [-0.2, -0.15) is 13.2 Å². The number of anilines is 1. The monoisotopic (exact) mass is 655 g/mol. The third-order valence-corrected chi connectivity index (χ3v) is 8.62. The third-order valence-electron chi connectivity index (χ3n) is 8.18. The molecule has 4 aromatic rings. The van der Waals surface area contributed by atoms with Crippen molar-refractivity contribution in [2.24, 2.45) is 5.41 Å². The number of ketones is 1. The van der Waals surface area contributed by atoms with E-state index in [2.05, 4.69) is 41.2 Å². The normalized spacial score (nSPS) is 21.1. The van der Waals surface area contributed by atoms with E-state index in [9.17, 15) is 27.6 Å². The highest BCUT2D eigenvalue weighted by Gasteiger charge is 2.64. The lowest BCUT2D eigenvalue weighted by Gasteiger charge is -2.27. The van der Waals surface area contributed by atoms with Crippen molar-refractivity contribution in [3.8, 4) is 11.3 Å². The van der Waals surface area contributed by atoms with Crippen molar-refractivity contribution in [1.82, 2.24) is 29.4 Å². The summed E-state index contributed by atoms with van der Waals surface area (Å²) in [6, 6.07) is 3.93. The van der Waals surface area contributed by atoms with Gasteiger partial charge < -0.3 is 14.8 Å². The molecular weight excluding hydrogens is 631 g/mol. The molecule has 1 saturated heterocycles. The molecule has 0 aromatic carbocycles. The fourth-order valence-corrected chi connectivity index (χ4v) is 6.06. The van der Waals surface area contributed by atoms with Crippen LogP contribution in [0, 0.1) is 19.3 Å². The zero-order valence-electron chi connectivity index (χ0n) is 23.2. The molecule has 1 saturated carbocycles. The van der Waals surface area contributed by atoms with Gasteiger partial charge in [-0.15, -0.1) is 0 Å². The van der Waals surface area contributed by atoms with Gasteiger partial charge in [0, 0.05) is 35.6 Å². The molecule has 2 amide bonds. The van der Waals surface area contributed by atoms with E-state index in [1.54, 1.807) is 26.0 Å². The van der Waals surface area contributed by atoms with Crippen molar-refractivity contribution in [3.05, 3.63) is 64.5 Å². The summed E-state index contributed by atoms with van der Waals surface area (Å²) in [6.45, 7) is 5.10. The molecule has 1 N–H and O–H groups in total. The zero-order valence-corrected chi connectivity index (χ0v) is 24.8. The number of likely N-dealkylation sites (tertiary alicyclic amines) is 1. The van der Waals surface area contributed by atoms with Crippen LogP contribution in [0.1, 0.15) is 41.5 Å². The molecule has 43 heavy (non-hydrogen) atoms. The number of halogens is 4. The first-order valence-corrected chi connectivity index (χ1v) is 14.2. The van der Waals surface area contributed by atoms with E-state index in [4.69, 9.17) is 0 Å². The maximum absolute atomic E-state index is 13.8. The second kappa shape index (κ2) is 10.2. The molecule has 2 fully saturated rings. The molecule has 5 heterocycles. The first-order chi connectivity index (χ1) is 20.2. The number of amides is 2. The van der Waals surface area contributed by atoms with Crippen LogP contribution in [0.3, 0.4) is 0 Å². The number of Topliss-reactive ketones (excluding diaryl/α,β-unsaturated/α-hetero) is 1. The molecular formula is C29H25BrF3N7O3. The number of nitrogens with one attached hydrogen (secondary N) is 1. The number of nitrogens with zero attached hydrogens (tertiary/aromatic N) is 6. The number of hydrogen-bond acceptors (Lipinski definition) is 7. The fourth-order valence-electron chi connectivity index (χ4n) is 5.75. The maximum Gasteiger partial charge on any atom is 0.454 e. The number of aryl methyl sites for hydroxylation is 2. The number of fused-ring (bicyclic) bond motifs is 2. The highest BCUT2D eigenvalue weighted by molar-refractivity contribution is 9.10. The van der Waals surface area contributed by atoms with Gasteiger partial charge in [-0.1, -0.05) is 13.0 Å². The Kier molecular flexibility index (Phi) is 6.86. The average Bonchev–Trinajstić information content (AvgIpc) is 3.32. The Hall–Kier alpha value is -4.20. The van der Waals surface area contributed by atoms with Gasteiger partial charge in [-0.05, 0) is 65.7 Å².